The molecule has 0 aromatic heterocycles. The quantitative estimate of drug-likeness (QED) is 0.808. The van der Waals surface area contributed by atoms with Crippen LogP contribution >= 0.6 is 0 Å². The SMILES string of the molecule is CCc1ccc([C@@H](NC(=O)CN2C(=O)c3ccccc3S2(=O)=O)C(C)C)cc1. The molecule has 0 fully saturated rings. The summed E-state index contributed by atoms with van der Waals surface area (Å²) in [4.78, 5) is 25.0. The molecule has 3 rings (SSSR count). The van der Waals surface area contributed by atoms with Gasteiger partial charge in [0.25, 0.3) is 15.9 Å². The molecule has 1 N–H and O–H groups in total. The van der Waals surface area contributed by atoms with Crippen molar-refractivity contribution >= 4 is 21.8 Å². The fraction of sp³-hybridized carbons (Fsp3) is 0.333. The van der Waals surface area contributed by atoms with E-state index < -0.39 is 28.4 Å². The van der Waals surface area contributed by atoms with E-state index >= 15 is 0 Å². The number of sulfonamides is 1. The standard InChI is InChI=1S/C21H24N2O4S/c1-4-15-9-11-16(12-10-15)20(14(2)3)22-19(24)13-23-21(25)17-7-5-6-8-18(17)28(23,26)27/h5-12,14,20H,4,13H2,1-3H3,(H,22,24)/t20-/m0/s1. The highest BCUT2D eigenvalue weighted by Gasteiger charge is 2.42. The lowest BCUT2D eigenvalue weighted by Crippen LogP contribution is -2.42. The minimum absolute atomic E-state index is 0.0524. The van der Waals surface area contributed by atoms with E-state index in [4.69, 9.17) is 0 Å². The van der Waals surface area contributed by atoms with Crippen molar-refractivity contribution in [3.05, 3.63) is 65.2 Å². The first-order chi connectivity index (χ1) is 13.3. The van der Waals surface area contributed by atoms with Gasteiger partial charge in [-0.15, -0.1) is 0 Å². The first-order valence-electron chi connectivity index (χ1n) is 9.30. The minimum atomic E-state index is -4.00. The number of rotatable bonds is 6. The molecule has 0 aliphatic carbocycles. The van der Waals surface area contributed by atoms with Crippen LogP contribution in [0.1, 0.15) is 48.3 Å². The van der Waals surface area contributed by atoms with Gasteiger partial charge in [-0.2, -0.15) is 0 Å². The Kier molecular flexibility index (Phi) is 5.56. The Bertz CT molecular complexity index is 997. The van der Waals surface area contributed by atoms with Crippen LogP contribution in [0.2, 0.25) is 0 Å². The molecular weight excluding hydrogens is 376 g/mol. The van der Waals surface area contributed by atoms with E-state index in [0.29, 0.717) is 4.31 Å². The molecule has 1 aliphatic rings. The van der Waals surface area contributed by atoms with Crippen molar-refractivity contribution in [3.8, 4) is 0 Å². The number of benzene rings is 2. The van der Waals surface area contributed by atoms with E-state index in [0.717, 1.165) is 12.0 Å². The maximum absolute atomic E-state index is 12.6. The summed E-state index contributed by atoms with van der Waals surface area (Å²) in [6.45, 7) is 5.49. The van der Waals surface area contributed by atoms with Gasteiger partial charge in [-0.3, -0.25) is 9.59 Å². The van der Waals surface area contributed by atoms with Gasteiger partial charge in [0.05, 0.1) is 11.6 Å². The summed E-state index contributed by atoms with van der Waals surface area (Å²) in [5, 5.41) is 2.88. The number of hydrogen-bond donors (Lipinski definition) is 1. The maximum atomic E-state index is 12.6. The van der Waals surface area contributed by atoms with Gasteiger partial charge >= 0.3 is 0 Å². The number of fused-ring (bicyclic) bond motifs is 1. The highest BCUT2D eigenvalue weighted by molar-refractivity contribution is 7.90. The monoisotopic (exact) mass is 400 g/mol. The molecule has 2 amide bonds. The normalized spacial score (nSPS) is 16.1. The third-order valence-electron chi connectivity index (χ3n) is 4.93. The predicted octanol–water partition coefficient (Wildman–Crippen LogP) is 2.91. The van der Waals surface area contributed by atoms with Crippen molar-refractivity contribution in [2.45, 2.75) is 38.1 Å². The molecule has 0 saturated carbocycles. The van der Waals surface area contributed by atoms with E-state index in [-0.39, 0.29) is 22.4 Å². The van der Waals surface area contributed by atoms with Gasteiger partial charge in [0.2, 0.25) is 5.91 Å². The number of carbonyl (C=O) groups excluding carboxylic acids is 2. The van der Waals surface area contributed by atoms with Gasteiger partial charge in [0.15, 0.2) is 0 Å². The Hall–Kier alpha value is -2.67. The van der Waals surface area contributed by atoms with Crippen molar-refractivity contribution in [2.75, 3.05) is 6.54 Å². The third kappa shape index (κ3) is 3.67. The van der Waals surface area contributed by atoms with Gasteiger partial charge in [-0.1, -0.05) is 57.2 Å². The molecule has 1 atom stereocenters. The Morgan fingerprint density at radius 3 is 2.29 bits per heavy atom. The zero-order chi connectivity index (χ0) is 20.5. The lowest BCUT2D eigenvalue weighted by atomic mass is 9.95. The summed E-state index contributed by atoms with van der Waals surface area (Å²) in [5.41, 5.74) is 2.24. The van der Waals surface area contributed by atoms with Gasteiger partial charge in [-0.25, -0.2) is 12.7 Å². The number of nitrogens with zero attached hydrogens (tertiary/aromatic N) is 1. The van der Waals surface area contributed by atoms with Gasteiger partial charge in [0.1, 0.15) is 11.4 Å². The highest BCUT2D eigenvalue weighted by atomic mass is 32.2. The summed E-state index contributed by atoms with van der Waals surface area (Å²) >= 11 is 0. The van der Waals surface area contributed by atoms with E-state index in [1.165, 1.54) is 17.7 Å². The average Bonchev–Trinajstić information content (AvgIpc) is 2.87. The molecule has 6 nitrogen and oxygen atoms in total. The summed E-state index contributed by atoms with van der Waals surface area (Å²) in [6.07, 6.45) is 0.925. The smallest absolute Gasteiger partial charge is 0.269 e. The highest BCUT2D eigenvalue weighted by Crippen LogP contribution is 2.30. The summed E-state index contributed by atoms with van der Waals surface area (Å²) in [5.74, 6) is -1.08. The Morgan fingerprint density at radius 2 is 1.71 bits per heavy atom. The second kappa shape index (κ2) is 7.75. The molecule has 0 saturated heterocycles. The van der Waals surface area contributed by atoms with Crippen LogP contribution in [0, 0.1) is 5.92 Å². The fourth-order valence-electron chi connectivity index (χ4n) is 3.33. The average molecular weight is 401 g/mol. The molecule has 2 aromatic rings. The molecule has 7 heteroatoms. The number of amides is 2. The molecule has 0 unspecified atom stereocenters. The van der Waals surface area contributed by atoms with Crippen LogP contribution in [0.3, 0.4) is 0 Å². The second-order valence-corrected chi connectivity index (χ2v) is 9.03. The number of carbonyl (C=O) groups is 2. The molecule has 28 heavy (non-hydrogen) atoms. The molecule has 1 aliphatic heterocycles. The van der Waals surface area contributed by atoms with Crippen LogP contribution in [0.4, 0.5) is 0 Å². The summed E-state index contributed by atoms with van der Waals surface area (Å²) in [6, 6.07) is 13.7. The predicted molar refractivity (Wildman–Crippen MR) is 106 cm³/mol. The van der Waals surface area contributed by atoms with Gasteiger partial charge in [-0.05, 0) is 35.6 Å². The van der Waals surface area contributed by atoms with Crippen molar-refractivity contribution < 1.29 is 18.0 Å². The number of nitrogens with one attached hydrogen (secondary N) is 1. The Balaban J connectivity index is 1.78. The lowest BCUT2D eigenvalue weighted by molar-refractivity contribution is -0.122. The topological polar surface area (TPSA) is 83.6 Å². The summed E-state index contributed by atoms with van der Waals surface area (Å²) in [7, 11) is -4.00. The Labute approximate surface area is 165 Å². The van der Waals surface area contributed by atoms with Crippen LogP contribution in [0.25, 0.3) is 0 Å². The number of hydrogen-bond acceptors (Lipinski definition) is 4. The second-order valence-electron chi connectivity index (χ2n) is 7.20. The van der Waals surface area contributed by atoms with Crippen LogP contribution in [-0.2, 0) is 21.2 Å². The first-order valence-corrected chi connectivity index (χ1v) is 10.7. The molecule has 1 heterocycles. The van der Waals surface area contributed by atoms with Crippen LogP contribution in [-0.4, -0.2) is 31.1 Å². The van der Waals surface area contributed by atoms with Gasteiger partial charge < -0.3 is 5.32 Å². The van der Waals surface area contributed by atoms with Crippen LogP contribution < -0.4 is 5.32 Å². The minimum Gasteiger partial charge on any atom is -0.347 e. The molecular formula is C21H24N2O4S. The van der Waals surface area contributed by atoms with Crippen molar-refractivity contribution in [2.24, 2.45) is 5.92 Å². The van der Waals surface area contributed by atoms with Crippen molar-refractivity contribution in [1.29, 1.82) is 0 Å². The number of aryl methyl sites for hydroxylation is 1. The molecule has 148 valence electrons. The lowest BCUT2D eigenvalue weighted by Gasteiger charge is -2.24. The largest absolute Gasteiger partial charge is 0.347 e. The zero-order valence-electron chi connectivity index (χ0n) is 16.2. The van der Waals surface area contributed by atoms with E-state index in [9.17, 15) is 18.0 Å². The fourth-order valence-corrected chi connectivity index (χ4v) is 4.86. The van der Waals surface area contributed by atoms with Crippen LogP contribution in [0.15, 0.2) is 53.4 Å². The van der Waals surface area contributed by atoms with Gasteiger partial charge in [0, 0.05) is 0 Å². The maximum Gasteiger partial charge on any atom is 0.269 e. The summed E-state index contributed by atoms with van der Waals surface area (Å²) < 4.78 is 25.9. The molecule has 0 radical (unpaired) electrons. The van der Waals surface area contributed by atoms with Crippen LogP contribution in [0.5, 0.6) is 0 Å². The van der Waals surface area contributed by atoms with Crippen molar-refractivity contribution in [1.82, 2.24) is 9.62 Å². The Morgan fingerprint density at radius 1 is 1.07 bits per heavy atom. The zero-order valence-corrected chi connectivity index (χ0v) is 17.0. The first kappa shape index (κ1) is 20.1. The van der Waals surface area contributed by atoms with E-state index in [1.54, 1.807) is 12.1 Å². The molecule has 0 bridgehead atoms. The molecule has 2 aromatic carbocycles. The molecule has 0 spiro atoms. The van der Waals surface area contributed by atoms with E-state index in [2.05, 4.69) is 12.2 Å². The third-order valence-corrected chi connectivity index (χ3v) is 6.72. The van der Waals surface area contributed by atoms with E-state index in [1.807, 2.05) is 38.1 Å². The van der Waals surface area contributed by atoms with Crippen molar-refractivity contribution in [3.63, 3.8) is 0 Å².